The number of ether oxygens (including phenoxy) is 1. The van der Waals surface area contributed by atoms with Crippen LogP contribution >= 0.6 is 12.4 Å². The molecule has 1 fully saturated rings. The maximum absolute atomic E-state index is 11.8. The number of nitrogens with one attached hydrogen (secondary N) is 2. The number of hydrogen-bond acceptors (Lipinski definition) is 4. The molecule has 22 heavy (non-hydrogen) atoms. The van der Waals surface area contributed by atoms with Gasteiger partial charge < -0.3 is 20.5 Å². The van der Waals surface area contributed by atoms with Gasteiger partial charge in [0.2, 0.25) is 0 Å². The molecule has 0 bridgehead atoms. The molecule has 1 amide bonds. The fraction of sp³-hybridized carbons (Fsp3) is 0.562. The van der Waals surface area contributed by atoms with E-state index in [1.54, 1.807) is 0 Å². The van der Waals surface area contributed by atoms with Crippen molar-refractivity contribution in [3.63, 3.8) is 0 Å². The summed E-state index contributed by atoms with van der Waals surface area (Å²) < 4.78 is 5.51. The van der Waals surface area contributed by atoms with Gasteiger partial charge in [-0.25, -0.2) is 0 Å². The molecule has 6 heteroatoms. The summed E-state index contributed by atoms with van der Waals surface area (Å²) in [5, 5.41) is 15.5. The standard InChI is InChI=1S/C16H24N2O3.ClH/c1-11(2)12-4-3-5-14(6-12)21-10-16(20)18-8-13-7-17-9-15(13)19;/h3-6,11,13,15,17,19H,7-10H2,1-2H3,(H,18,20);1H. The summed E-state index contributed by atoms with van der Waals surface area (Å²) in [6.45, 7) is 6.04. The predicted molar refractivity (Wildman–Crippen MR) is 88.7 cm³/mol. The molecule has 2 unspecified atom stereocenters. The van der Waals surface area contributed by atoms with E-state index in [0.29, 0.717) is 24.8 Å². The van der Waals surface area contributed by atoms with E-state index in [1.165, 1.54) is 5.56 Å². The van der Waals surface area contributed by atoms with E-state index in [-0.39, 0.29) is 36.9 Å². The molecule has 1 aliphatic heterocycles. The number of aliphatic hydroxyl groups excluding tert-OH is 1. The first-order valence-corrected chi connectivity index (χ1v) is 7.44. The molecule has 5 nitrogen and oxygen atoms in total. The van der Waals surface area contributed by atoms with Crippen LogP contribution in [0.15, 0.2) is 24.3 Å². The van der Waals surface area contributed by atoms with Gasteiger partial charge in [-0.2, -0.15) is 0 Å². The van der Waals surface area contributed by atoms with Crippen LogP contribution in [0.25, 0.3) is 0 Å². The second-order valence-electron chi connectivity index (χ2n) is 5.81. The zero-order chi connectivity index (χ0) is 15.2. The number of amides is 1. The van der Waals surface area contributed by atoms with Crippen molar-refractivity contribution in [2.75, 3.05) is 26.2 Å². The molecular weight excluding hydrogens is 304 g/mol. The second kappa shape index (κ2) is 8.98. The Morgan fingerprint density at radius 3 is 2.86 bits per heavy atom. The summed E-state index contributed by atoms with van der Waals surface area (Å²) in [5.74, 6) is 1.06. The third kappa shape index (κ3) is 5.48. The lowest BCUT2D eigenvalue weighted by Crippen LogP contribution is -2.36. The number of rotatable bonds is 6. The topological polar surface area (TPSA) is 70.6 Å². The van der Waals surface area contributed by atoms with Gasteiger partial charge in [-0.15, -0.1) is 12.4 Å². The molecule has 1 heterocycles. The smallest absolute Gasteiger partial charge is 0.257 e. The van der Waals surface area contributed by atoms with Crippen LogP contribution < -0.4 is 15.4 Å². The maximum atomic E-state index is 11.8. The van der Waals surface area contributed by atoms with Gasteiger partial charge in [0.1, 0.15) is 5.75 Å². The Morgan fingerprint density at radius 1 is 1.45 bits per heavy atom. The van der Waals surface area contributed by atoms with E-state index in [9.17, 15) is 9.90 Å². The van der Waals surface area contributed by atoms with Crippen LogP contribution in [0.1, 0.15) is 25.3 Å². The minimum absolute atomic E-state index is 0. The van der Waals surface area contributed by atoms with Crippen molar-refractivity contribution in [2.45, 2.75) is 25.9 Å². The summed E-state index contributed by atoms with van der Waals surface area (Å²) in [4.78, 5) is 11.8. The van der Waals surface area contributed by atoms with Crippen LogP contribution in [0.4, 0.5) is 0 Å². The summed E-state index contributed by atoms with van der Waals surface area (Å²) in [6.07, 6.45) is -0.381. The molecule has 0 spiro atoms. The summed E-state index contributed by atoms with van der Waals surface area (Å²) in [7, 11) is 0. The Kier molecular flexibility index (Phi) is 7.65. The molecule has 3 N–H and O–H groups in total. The minimum Gasteiger partial charge on any atom is -0.484 e. The molecule has 2 rings (SSSR count). The van der Waals surface area contributed by atoms with Crippen molar-refractivity contribution < 1.29 is 14.6 Å². The maximum Gasteiger partial charge on any atom is 0.257 e. The fourth-order valence-electron chi connectivity index (χ4n) is 2.34. The Hall–Kier alpha value is -1.30. The molecule has 1 saturated heterocycles. The monoisotopic (exact) mass is 328 g/mol. The summed E-state index contributed by atoms with van der Waals surface area (Å²) in [5.41, 5.74) is 1.19. The second-order valence-corrected chi connectivity index (χ2v) is 5.81. The van der Waals surface area contributed by atoms with Crippen LogP contribution in [0.2, 0.25) is 0 Å². The van der Waals surface area contributed by atoms with Crippen molar-refractivity contribution in [3.8, 4) is 5.75 Å². The fourth-order valence-corrected chi connectivity index (χ4v) is 2.34. The Balaban J connectivity index is 0.00000242. The molecule has 1 aliphatic rings. The SMILES string of the molecule is CC(C)c1cccc(OCC(=O)NCC2CNCC2O)c1.Cl. The molecule has 0 aliphatic carbocycles. The van der Waals surface area contributed by atoms with Gasteiger partial charge in [-0.3, -0.25) is 4.79 Å². The Morgan fingerprint density at radius 2 is 2.23 bits per heavy atom. The summed E-state index contributed by atoms with van der Waals surface area (Å²) >= 11 is 0. The molecule has 1 aromatic rings. The lowest BCUT2D eigenvalue weighted by atomic mass is 10.0. The van der Waals surface area contributed by atoms with Crippen LogP contribution in [0.5, 0.6) is 5.75 Å². The average Bonchev–Trinajstić information content (AvgIpc) is 2.88. The zero-order valence-corrected chi connectivity index (χ0v) is 13.9. The van der Waals surface area contributed by atoms with Crippen LogP contribution in [0, 0.1) is 5.92 Å². The number of β-amino-alcohol motifs (C(OH)–C–C–N with tert-alkyl or cyclic N) is 1. The molecular formula is C16H25ClN2O3. The molecule has 1 aromatic carbocycles. The third-order valence-electron chi connectivity index (χ3n) is 3.76. The first-order chi connectivity index (χ1) is 10.1. The van der Waals surface area contributed by atoms with Crippen LogP contribution in [-0.2, 0) is 4.79 Å². The van der Waals surface area contributed by atoms with E-state index in [0.717, 1.165) is 6.54 Å². The predicted octanol–water partition coefficient (Wildman–Crippen LogP) is 1.31. The van der Waals surface area contributed by atoms with Crippen molar-refractivity contribution in [1.29, 1.82) is 0 Å². The van der Waals surface area contributed by atoms with Gasteiger partial charge in [0.25, 0.3) is 5.91 Å². The van der Waals surface area contributed by atoms with Crippen LogP contribution in [0.3, 0.4) is 0 Å². The number of benzene rings is 1. The highest BCUT2D eigenvalue weighted by atomic mass is 35.5. The molecule has 2 atom stereocenters. The van der Waals surface area contributed by atoms with Crippen molar-refractivity contribution in [2.24, 2.45) is 5.92 Å². The van der Waals surface area contributed by atoms with Gasteiger partial charge in [-0.1, -0.05) is 26.0 Å². The van der Waals surface area contributed by atoms with Crippen molar-refractivity contribution >= 4 is 18.3 Å². The molecule has 124 valence electrons. The van der Waals surface area contributed by atoms with Gasteiger partial charge in [0, 0.05) is 25.6 Å². The van der Waals surface area contributed by atoms with Gasteiger partial charge in [-0.05, 0) is 23.6 Å². The minimum atomic E-state index is -0.381. The summed E-state index contributed by atoms with van der Waals surface area (Å²) in [6, 6.07) is 7.79. The molecule has 0 saturated carbocycles. The van der Waals surface area contributed by atoms with Gasteiger partial charge >= 0.3 is 0 Å². The third-order valence-corrected chi connectivity index (χ3v) is 3.76. The van der Waals surface area contributed by atoms with E-state index in [1.807, 2.05) is 24.3 Å². The normalized spacial score (nSPS) is 20.5. The quantitative estimate of drug-likeness (QED) is 0.736. The number of hydrogen-bond donors (Lipinski definition) is 3. The zero-order valence-electron chi connectivity index (χ0n) is 13.0. The lowest BCUT2D eigenvalue weighted by molar-refractivity contribution is -0.123. The van der Waals surface area contributed by atoms with Crippen LogP contribution in [-0.4, -0.2) is 43.4 Å². The number of aliphatic hydroxyl groups is 1. The van der Waals surface area contributed by atoms with Gasteiger partial charge in [0.05, 0.1) is 6.10 Å². The number of halogens is 1. The number of carbonyl (C=O) groups is 1. The van der Waals surface area contributed by atoms with E-state index in [4.69, 9.17) is 4.74 Å². The van der Waals surface area contributed by atoms with Crippen molar-refractivity contribution in [1.82, 2.24) is 10.6 Å². The Labute approximate surface area is 137 Å². The highest BCUT2D eigenvalue weighted by Crippen LogP contribution is 2.19. The Bertz CT molecular complexity index is 482. The highest BCUT2D eigenvalue weighted by Gasteiger charge is 2.24. The highest BCUT2D eigenvalue weighted by molar-refractivity contribution is 5.85. The van der Waals surface area contributed by atoms with Crippen molar-refractivity contribution in [3.05, 3.63) is 29.8 Å². The first-order valence-electron chi connectivity index (χ1n) is 7.44. The number of carbonyl (C=O) groups excluding carboxylic acids is 1. The van der Waals surface area contributed by atoms with E-state index < -0.39 is 0 Å². The first kappa shape index (κ1) is 18.7. The van der Waals surface area contributed by atoms with E-state index in [2.05, 4.69) is 24.5 Å². The largest absolute Gasteiger partial charge is 0.484 e. The van der Waals surface area contributed by atoms with Gasteiger partial charge in [0.15, 0.2) is 6.61 Å². The molecule has 0 aromatic heterocycles. The lowest BCUT2D eigenvalue weighted by Gasteiger charge is -2.14. The average molecular weight is 329 g/mol. The molecule has 0 radical (unpaired) electrons. The van der Waals surface area contributed by atoms with E-state index >= 15 is 0 Å².